The van der Waals surface area contributed by atoms with Gasteiger partial charge in [-0.1, -0.05) is 109 Å². The monoisotopic (exact) mass is 580 g/mol. The Balaban J connectivity index is 1.08. The van der Waals surface area contributed by atoms with Crippen LogP contribution in [0.5, 0.6) is 0 Å². The van der Waals surface area contributed by atoms with Gasteiger partial charge in [-0.2, -0.15) is 0 Å². The maximum atomic E-state index is 4.07. The van der Waals surface area contributed by atoms with Crippen molar-refractivity contribution in [2.75, 3.05) is 0 Å². The number of hydrogen-bond donors (Lipinski definition) is 1. The quantitative estimate of drug-likeness (QED) is 0.366. The first-order valence-corrected chi connectivity index (χ1v) is 17.7. The second kappa shape index (κ2) is 12.7. The highest BCUT2D eigenvalue weighted by molar-refractivity contribution is 5.66. The topological polar surface area (TPSA) is 15.3 Å². The Kier molecular flexibility index (Phi) is 8.14. The zero-order valence-corrected chi connectivity index (χ0v) is 26.3. The molecule has 6 aliphatic rings. The molecule has 0 amide bonds. The van der Waals surface area contributed by atoms with E-state index in [1.807, 2.05) is 0 Å². The van der Waals surface area contributed by atoms with Crippen LogP contribution in [0.1, 0.15) is 117 Å². The first kappa shape index (κ1) is 28.3. The van der Waals surface area contributed by atoms with Crippen LogP contribution in [0.15, 0.2) is 102 Å². The molecule has 226 valence electrons. The molecular formula is C42H48N2. The molecule has 2 nitrogen and oxygen atoms in total. The van der Waals surface area contributed by atoms with Crippen LogP contribution in [0.25, 0.3) is 11.6 Å². The van der Waals surface area contributed by atoms with Gasteiger partial charge in [0.2, 0.25) is 0 Å². The molecule has 0 bridgehead atoms. The smallest absolute Gasteiger partial charge is 0.0483 e. The van der Waals surface area contributed by atoms with Crippen molar-refractivity contribution in [3.8, 4) is 0 Å². The molecule has 0 aromatic heterocycles. The number of nitrogens with one attached hydrogen (secondary N) is 1. The minimum atomic E-state index is 0.333. The summed E-state index contributed by atoms with van der Waals surface area (Å²) in [6.45, 7) is 0.930. The van der Waals surface area contributed by atoms with Gasteiger partial charge in [-0.3, -0.25) is 0 Å². The van der Waals surface area contributed by atoms with Gasteiger partial charge in [0.05, 0.1) is 0 Å². The van der Waals surface area contributed by atoms with Gasteiger partial charge in [-0.25, -0.2) is 10.4 Å². The molecule has 1 N–H and O–H groups in total. The number of benzene rings is 2. The molecule has 1 saturated heterocycles. The maximum Gasteiger partial charge on any atom is 0.0483 e. The largest absolute Gasteiger partial charge is 0.247 e. The first-order chi connectivity index (χ1) is 21.8. The third-order valence-electron chi connectivity index (χ3n) is 11.4. The molecule has 0 radical (unpaired) electrons. The Bertz CT molecular complexity index is 1560. The van der Waals surface area contributed by atoms with Crippen LogP contribution in [0.4, 0.5) is 0 Å². The number of allylic oxidation sites excluding steroid dienone is 10. The van der Waals surface area contributed by atoms with Crippen molar-refractivity contribution in [1.82, 2.24) is 10.4 Å². The highest BCUT2D eigenvalue weighted by Crippen LogP contribution is 2.45. The zero-order chi connectivity index (χ0) is 29.3. The summed E-state index contributed by atoms with van der Waals surface area (Å²) in [5.74, 6) is 2.00. The van der Waals surface area contributed by atoms with Crippen LogP contribution < -0.4 is 5.43 Å². The van der Waals surface area contributed by atoms with Gasteiger partial charge < -0.3 is 0 Å². The number of fused-ring (bicyclic) bond motifs is 3. The molecule has 1 aliphatic heterocycles. The molecule has 2 fully saturated rings. The second-order valence-electron chi connectivity index (χ2n) is 14.2. The molecule has 1 saturated carbocycles. The lowest BCUT2D eigenvalue weighted by Gasteiger charge is -2.34. The molecule has 2 aromatic carbocycles. The number of rotatable bonds is 6. The van der Waals surface area contributed by atoms with Gasteiger partial charge in [0.25, 0.3) is 0 Å². The van der Waals surface area contributed by atoms with Crippen LogP contribution in [0.2, 0.25) is 0 Å². The standard InChI is InChI=1S/C42H48N2/c1-3-12-31(13-4-1)34-17-9-11-30(25-34)29-44-42(38-19-10-18-35(26-38)32-14-5-2-6-15-32)28-41(43-44)37-23-24-40-36(27-37)22-21-33-16-7-8-20-39(33)40/h2,5-6,9,11-12,14,17-18,21-27,32-33,39,41-43H,1,3-4,7-8,10,13,15-16,19-20,28-29H2. The van der Waals surface area contributed by atoms with Crippen molar-refractivity contribution in [2.24, 2.45) is 11.8 Å². The van der Waals surface area contributed by atoms with E-state index < -0.39 is 0 Å². The molecule has 2 aromatic rings. The SMILES string of the molecule is C1=CCC(C2=CCCC(C3CC(c4ccc5c(c4)C=CC4CCCCC54)NN3Cc3cccc(C4=CCCCC4)c3)=C2)C=C1. The minimum Gasteiger partial charge on any atom is -0.247 e. The average Bonchev–Trinajstić information content (AvgIpc) is 3.52. The van der Waals surface area contributed by atoms with E-state index in [1.54, 1.807) is 16.7 Å². The summed E-state index contributed by atoms with van der Waals surface area (Å²) in [4.78, 5) is 0. The summed E-state index contributed by atoms with van der Waals surface area (Å²) < 4.78 is 0. The molecular weight excluding hydrogens is 532 g/mol. The van der Waals surface area contributed by atoms with Crippen LogP contribution >= 0.6 is 0 Å². The van der Waals surface area contributed by atoms with E-state index >= 15 is 0 Å². The maximum absolute atomic E-state index is 4.07. The van der Waals surface area contributed by atoms with E-state index in [4.69, 9.17) is 0 Å². The summed E-state index contributed by atoms with van der Waals surface area (Å²) >= 11 is 0. The highest BCUT2D eigenvalue weighted by Gasteiger charge is 2.36. The summed E-state index contributed by atoms with van der Waals surface area (Å²) in [6, 6.07) is 17.6. The molecule has 5 unspecified atom stereocenters. The lowest BCUT2D eigenvalue weighted by molar-refractivity contribution is 0.185. The normalized spacial score (nSPS) is 29.9. The predicted molar refractivity (Wildman–Crippen MR) is 185 cm³/mol. The second-order valence-corrected chi connectivity index (χ2v) is 14.2. The van der Waals surface area contributed by atoms with E-state index in [-0.39, 0.29) is 0 Å². The first-order valence-electron chi connectivity index (χ1n) is 17.7. The van der Waals surface area contributed by atoms with Crippen molar-refractivity contribution >= 4 is 11.6 Å². The number of hydrogen-bond acceptors (Lipinski definition) is 2. The van der Waals surface area contributed by atoms with E-state index in [2.05, 4.69) is 108 Å². The van der Waals surface area contributed by atoms with Gasteiger partial charge in [0.1, 0.15) is 0 Å². The third-order valence-corrected chi connectivity index (χ3v) is 11.4. The lowest BCUT2D eigenvalue weighted by atomic mass is 9.71. The third kappa shape index (κ3) is 5.80. The molecule has 8 rings (SSSR count). The summed E-state index contributed by atoms with van der Waals surface area (Å²) in [6.07, 6.45) is 36.8. The lowest BCUT2D eigenvalue weighted by Crippen LogP contribution is -2.38. The van der Waals surface area contributed by atoms with Gasteiger partial charge in [-0.15, -0.1) is 0 Å². The number of hydrazine groups is 1. The van der Waals surface area contributed by atoms with E-state index in [0.717, 1.165) is 44.1 Å². The fourth-order valence-electron chi connectivity index (χ4n) is 8.97. The Morgan fingerprint density at radius 2 is 1.84 bits per heavy atom. The van der Waals surface area contributed by atoms with Crippen LogP contribution in [-0.2, 0) is 6.54 Å². The fraction of sp³-hybridized carbons (Fsp3) is 0.429. The highest BCUT2D eigenvalue weighted by atomic mass is 15.6. The van der Waals surface area contributed by atoms with Crippen LogP contribution in [0, 0.1) is 11.8 Å². The summed E-state index contributed by atoms with van der Waals surface area (Å²) in [7, 11) is 0. The Morgan fingerprint density at radius 1 is 0.864 bits per heavy atom. The summed E-state index contributed by atoms with van der Waals surface area (Å²) in [5, 5.41) is 2.59. The molecule has 5 atom stereocenters. The number of nitrogens with zero attached hydrogens (tertiary/aromatic N) is 1. The van der Waals surface area contributed by atoms with Gasteiger partial charge >= 0.3 is 0 Å². The Morgan fingerprint density at radius 3 is 2.75 bits per heavy atom. The Hall–Kier alpha value is -3.20. The Labute approximate surface area is 265 Å². The molecule has 5 aliphatic carbocycles. The molecule has 44 heavy (non-hydrogen) atoms. The zero-order valence-electron chi connectivity index (χ0n) is 26.3. The predicted octanol–water partition coefficient (Wildman–Crippen LogP) is 10.5. The van der Waals surface area contributed by atoms with Crippen molar-refractivity contribution < 1.29 is 0 Å². The van der Waals surface area contributed by atoms with Crippen molar-refractivity contribution in [3.05, 3.63) is 130 Å². The van der Waals surface area contributed by atoms with E-state index in [0.29, 0.717) is 18.0 Å². The molecule has 0 spiro atoms. The van der Waals surface area contributed by atoms with Gasteiger partial charge in [0, 0.05) is 24.5 Å². The average molecular weight is 581 g/mol. The van der Waals surface area contributed by atoms with Crippen molar-refractivity contribution in [2.45, 2.75) is 102 Å². The van der Waals surface area contributed by atoms with E-state index in [1.165, 1.54) is 79.2 Å². The van der Waals surface area contributed by atoms with E-state index in [9.17, 15) is 0 Å². The minimum absolute atomic E-state index is 0.333. The summed E-state index contributed by atoms with van der Waals surface area (Å²) in [5.41, 5.74) is 16.1. The van der Waals surface area contributed by atoms with Crippen LogP contribution in [0.3, 0.4) is 0 Å². The molecule has 1 heterocycles. The van der Waals surface area contributed by atoms with Crippen molar-refractivity contribution in [3.63, 3.8) is 0 Å². The van der Waals surface area contributed by atoms with Gasteiger partial charge in [0.15, 0.2) is 0 Å². The fourth-order valence-corrected chi connectivity index (χ4v) is 8.97. The van der Waals surface area contributed by atoms with Crippen LogP contribution in [-0.4, -0.2) is 11.1 Å². The molecule has 2 heteroatoms. The van der Waals surface area contributed by atoms with Gasteiger partial charge in [-0.05, 0) is 121 Å². The van der Waals surface area contributed by atoms with Crippen molar-refractivity contribution in [1.29, 1.82) is 0 Å².